The highest BCUT2D eigenvalue weighted by Gasteiger charge is 2.41. The van der Waals surface area contributed by atoms with Crippen LogP contribution in [-0.4, -0.2) is 59.6 Å². The molecule has 3 rings (SSSR count). The molecule has 11 heteroatoms. The second-order valence-corrected chi connectivity index (χ2v) is 7.69. The Kier molecular flexibility index (Phi) is 5.55. The van der Waals surface area contributed by atoms with Crippen molar-refractivity contribution in [2.45, 2.75) is 23.5 Å². The zero-order chi connectivity index (χ0) is 21.5. The van der Waals surface area contributed by atoms with Crippen molar-refractivity contribution in [1.82, 2.24) is 0 Å². The van der Waals surface area contributed by atoms with Crippen molar-refractivity contribution in [1.29, 1.82) is 0 Å². The summed E-state index contributed by atoms with van der Waals surface area (Å²) in [5.74, 6) is -4.02. The van der Waals surface area contributed by atoms with Crippen LogP contribution >= 0.6 is 11.8 Å². The summed E-state index contributed by atoms with van der Waals surface area (Å²) in [7, 11) is 0. The Labute approximate surface area is 168 Å². The third kappa shape index (κ3) is 3.92. The second-order valence-electron chi connectivity index (χ2n) is 6.51. The molecule has 2 aromatic rings. The first-order valence-electron chi connectivity index (χ1n) is 8.35. The minimum Gasteiger partial charge on any atom is -0.508 e. The number of ether oxygens (including phenoxy) is 1. The van der Waals surface area contributed by atoms with E-state index in [0.717, 1.165) is 30.0 Å². The molecule has 0 aliphatic carbocycles. The van der Waals surface area contributed by atoms with Crippen LogP contribution in [0.25, 0.3) is 0 Å². The van der Waals surface area contributed by atoms with Crippen molar-refractivity contribution in [3.8, 4) is 34.5 Å². The number of aliphatic hydroxyl groups is 1. The number of rotatable bonds is 5. The topological polar surface area (TPSA) is 194 Å². The summed E-state index contributed by atoms with van der Waals surface area (Å²) in [6.45, 7) is 0. The van der Waals surface area contributed by atoms with Gasteiger partial charge in [-0.1, -0.05) is 0 Å². The number of hydrogen-bond acceptors (Lipinski definition) is 10. The van der Waals surface area contributed by atoms with Crippen LogP contribution in [0.15, 0.2) is 24.3 Å². The van der Waals surface area contributed by atoms with Gasteiger partial charge in [0.05, 0.1) is 10.8 Å². The molecule has 2 aromatic carbocycles. The maximum absolute atomic E-state index is 11.0. The van der Waals surface area contributed by atoms with E-state index in [0.29, 0.717) is 0 Å². The first-order valence-corrected chi connectivity index (χ1v) is 9.40. The number of aliphatic carboxylic acids is 1. The molecule has 10 nitrogen and oxygen atoms in total. The number of carboxylic acids is 1. The van der Waals surface area contributed by atoms with Gasteiger partial charge in [-0.3, -0.25) is 4.79 Å². The zero-order valence-electron chi connectivity index (χ0n) is 14.8. The van der Waals surface area contributed by atoms with E-state index in [1.807, 2.05) is 0 Å². The number of aliphatic hydroxyl groups excluding tert-OH is 1. The SMILES string of the molecule is N[C@@H](CS[C@H]1c2c(O)cc(O)cc2O[C@H](c2cc(O)c(O)c(O)c2)[C@@H]1O)C(=O)O. The number of nitrogens with two attached hydrogens (primary N) is 1. The van der Waals surface area contributed by atoms with Gasteiger partial charge in [0.15, 0.2) is 23.4 Å². The van der Waals surface area contributed by atoms with E-state index < -0.39 is 46.7 Å². The van der Waals surface area contributed by atoms with Crippen LogP contribution in [0.2, 0.25) is 0 Å². The van der Waals surface area contributed by atoms with Gasteiger partial charge in [0.25, 0.3) is 0 Å². The lowest BCUT2D eigenvalue weighted by atomic mass is 9.93. The van der Waals surface area contributed by atoms with Crippen LogP contribution < -0.4 is 10.5 Å². The van der Waals surface area contributed by atoms with Crippen LogP contribution in [0.3, 0.4) is 0 Å². The molecule has 1 aliphatic heterocycles. The Morgan fingerprint density at radius 3 is 2.28 bits per heavy atom. The van der Waals surface area contributed by atoms with Crippen LogP contribution in [0.1, 0.15) is 22.5 Å². The summed E-state index contributed by atoms with van der Waals surface area (Å²) >= 11 is 0.963. The molecule has 156 valence electrons. The lowest BCUT2D eigenvalue weighted by Crippen LogP contribution is -2.36. The van der Waals surface area contributed by atoms with Gasteiger partial charge in [0, 0.05) is 23.4 Å². The molecule has 0 spiro atoms. The van der Waals surface area contributed by atoms with Crippen molar-refractivity contribution in [2.24, 2.45) is 5.73 Å². The van der Waals surface area contributed by atoms with Gasteiger partial charge in [-0.2, -0.15) is 0 Å². The molecule has 0 amide bonds. The van der Waals surface area contributed by atoms with E-state index in [9.17, 15) is 35.4 Å². The molecular formula is C18H19NO9S. The number of benzene rings is 2. The molecule has 0 saturated heterocycles. The maximum Gasteiger partial charge on any atom is 0.321 e. The van der Waals surface area contributed by atoms with Crippen molar-refractivity contribution < 1.29 is 45.3 Å². The van der Waals surface area contributed by atoms with Crippen molar-refractivity contribution in [3.05, 3.63) is 35.4 Å². The van der Waals surface area contributed by atoms with Crippen LogP contribution in [-0.2, 0) is 4.79 Å². The smallest absolute Gasteiger partial charge is 0.321 e. The van der Waals surface area contributed by atoms with Gasteiger partial charge >= 0.3 is 5.97 Å². The summed E-state index contributed by atoms with van der Waals surface area (Å²) in [6, 6.07) is 3.21. The highest BCUT2D eigenvalue weighted by Crippen LogP contribution is 2.53. The average molecular weight is 425 g/mol. The number of hydrogen-bond donors (Lipinski definition) is 8. The minimum atomic E-state index is -1.37. The number of carbonyl (C=O) groups is 1. The fourth-order valence-corrected chi connectivity index (χ4v) is 4.33. The molecular weight excluding hydrogens is 406 g/mol. The van der Waals surface area contributed by atoms with Gasteiger partial charge in [0.1, 0.15) is 29.4 Å². The Morgan fingerprint density at radius 2 is 1.69 bits per heavy atom. The molecule has 0 aromatic heterocycles. The second kappa shape index (κ2) is 7.78. The number of phenolic OH excluding ortho intramolecular Hbond substituents is 5. The van der Waals surface area contributed by atoms with E-state index in [1.165, 1.54) is 6.07 Å². The van der Waals surface area contributed by atoms with E-state index >= 15 is 0 Å². The Balaban J connectivity index is 2.04. The molecule has 4 atom stereocenters. The maximum atomic E-state index is 11.0. The van der Waals surface area contributed by atoms with Gasteiger partial charge < -0.3 is 46.2 Å². The molecule has 0 unspecified atom stereocenters. The fraction of sp³-hybridized carbons (Fsp3) is 0.278. The van der Waals surface area contributed by atoms with E-state index in [-0.39, 0.29) is 34.1 Å². The summed E-state index contributed by atoms with van der Waals surface area (Å²) in [5.41, 5.74) is 5.78. The largest absolute Gasteiger partial charge is 0.508 e. The number of fused-ring (bicyclic) bond motifs is 1. The third-order valence-electron chi connectivity index (χ3n) is 4.46. The molecule has 0 bridgehead atoms. The monoisotopic (exact) mass is 425 g/mol. The van der Waals surface area contributed by atoms with Gasteiger partial charge in [0.2, 0.25) is 0 Å². The van der Waals surface area contributed by atoms with Crippen molar-refractivity contribution in [2.75, 3.05) is 5.75 Å². The van der Waals surface area contributed by atoms with Crippen molar-refractivity contribution >= 4 is 17.7 Å². The number of aromatic hydroxyl groups is 5. The summed E-state index contributed by atoms with van der Waals surface area (Å²) < 4.78 is 5.69. The summed E-state index contributed by atoms with van der Waals surface area (Å²) in [5, 5.41) is 68.1. The first kappa shape index (κ1) is 20.7. The summed E-state index contributed by atoms with van der Waals surface area (Å²) in [4.78, 5) is 11.0. The molecule has 0 fully saturated rings. The highest BCUT2D eigenvalue weighted by atomic mass is 32.2. The zero-order valence-corrected chi connectivity index (χ0v) is 15.6. The lowest BCUT2D eigenvalue weighted by molar-refractivity contribution is -0.137. The number of thioether (sulfide) groups is 1. The van der Waals surface area contributed by atoms with Crippen LogP contribution in [0, 0.1) is 0 Å². The highest BCUT2D eigenvalue weighted by molar-refractivity contribution is 7.99. The molecule has 29 heavy (non-hydrogen) atoms. The molecule has 0 radical (unpaired) electrons. The van der Waals surface area contributed by atoms with Crippen LogP contribution in [0.5, 0.6) is 34.5 Å². The standard InChI is InChI=1S/C18H19NO9S/c19-8(18(26)27)5-29-17-13-9(21)3-7(20)4-12(13)28-16(15(17)25)6-1-10(22)14(24)11(23)2-6/h1-4,8,15-17,20-25H,5,19H2,(H,26,27)/t8-,15-,16+,17-/m0/s1. The molecule has 1 aliphatic rings. The predicted molar refractivity (Wildman–Crippen MR) is 101 cm³/mol. The Hall–Kier alpha value is -3.02. The van der Waals surface area contributed by atoms with E-state index in [1.54, 1.807) is 0 Å². The molecule has 9 N–H and O–H groups in total. The van der Waals surface area contributed by atoms with E-state index in [2.05, 4.69) is 0 Å². The normalized spacial score (nSPS) is 21.8. The number of phenols is 5. The quantitative estimate of drug-likeness (QED) is 0.317. The minimum absolute atomic E-state index is 0.0197. The summed E-state index contributed by atoms with van der Waals surface area (Å²) in [6.07, 6.45) is -2.55. The van der Waals surface area contributed by atoms with Crippen molar-refractivity contribution in [3.63, 3.8) is 0 Å². The first-order chi connectivity index (χ1) is 13.6. The molecule has 1 heterocycles. The number of carboxylic acid groups (broad SMARTS) is 1. The predicted octanol–water partition coefficient (Wildman–Crippen LogP) is 0.895. The molecule has 0 saturated carbocycles. The average Bonchev–Trinajstić information content (AvgIpc) is 2.64. The lowest BCUT2D eigenvalue weighted by Gasteiger charge is -2.37. The van der Waals surface area contributed by atoms with Crippen LogP contribution in [0.4, 0.5) is 0 Å². The fourth-order valence-electron chi connectivity index (χ4n) is 3.03. The van der Waals surface area contributed by atoms with E-state index in [4.69, 9.17) is 15.6 Å². The third-order valence-corrected chi connectivity index (χ3v) is 5.88. The van der Waals surface area contributed by atoms with Gasteiger partial charge in [-0.25, -0.2) is 0 Å². The van der Waals surface area contributed by atoms with Gasteiger partial charge in [-0.15, -0.1) is 11.8 Å². The Bertz CT molecular complexity index is 928. The Morgan fingerprint density at radius 1 is 1.07 bits per heavy atom. The van der Waals surface area contributed by atoms with Gasteiger partial charge in [-0.05, 0) is 12.1 Å².